The van der Waals surface area contributed by atoms with Crippen molar-refractivity contribution in [2.45, 2.75) is 18.9 Å². The molecule has 0 amide bonds. The zero-order valence-electron chi connectivity index (χ0n) is 11.8. The van der Waals surface area contributed by atoms with Crippen LogP contribution in [0.2, 0.25) is 0 Å². The van der Waals surface area contributed by atoms with Crippen LogP contribution in [0, 0.1) is 0 Å². The lowest BCUT2D eigenvalue weighted by Crippen LogP contribution is -2.61. The number of piperazine rings is 1. The molecule has 1 atom stereocenters. The van der Waals surface area contributed by atoms with Gasteiger partial charge in [0.25, 0.3) is 0 Å². The second-order valence-electron chi connectivity index (χ2n) is 5.48. The Kier molecular flexibility index (Phi) is 4.78. The summed E-state index contributed by atoms with van der Waals surface area (Å²) in [6.45, 7) is 14.1. The van der Waals surface area contributed by atoms with Gasteiger partial charge in [-0.3, -0.25) is 9.80 Å². The van der Waals surface area contributed by atoms with E-state index in [9.17, 15) is 0 Å². The molecule has 2 heterocycles. The molecular weight excluding hydrogens is 228 g/mol. The molecule has 0 aliphatic carbocycles. The van der Waals surface area contributed by atoms with Crippen molar-refractivity contribution in [3.8, 4) is 0 Å². The van der Waals surface area contributed by atoms with E-state index in [1.54, 1.807) is 7.11 Å². The fraction of sp³-hybridized carbons (Fsp3) is 0.857. The fourth-order valence-corrected chi connectivity index (χ4v) is 3.19. The van der Waals surface area contributed by atoms with E-state index in [0.717, 1.165) is 59.0 Å². The highest BCUT2D eigenvalue weighted by molar-refractivity contribution is 5.17. The summed E-state index contributed by atoms with van der Waals surface area (Å²) >= 11 is 0. The van der Waals surface area contributed by atoms with Crippen LogP contribution in [0.4, 0.5) is 0 Å². The van der Waals surface area contributed by atoms with Crippen molar-refractivity contribution in [1.82, 2.24) is 9.80 Å². The predicted octanol–water partition coefficient (Wildman–Crippen LogP) is 0.986. The molecule has 2 saturated heterocycles. The van der Waals surface area contributed by atoms with Gasteiger partial charge in [0.15, 0.2) is 0 Å². The molecule has 0 N–H and O–H groups in total. The zero-order chi connectivity index (χ0) is 13.0. The molecule has 2 fully saturated rings. The SMILES string of the molecule is C=C1CN2CCN(CCOC)C[C@@]2(COCC)C1. The van der Waals surface area contributed by atoms with E-state index in [0.29, 0.717) is 0 Å². The second kappa shape index (κ2) is 6.15. The van der Waals surface area contributed by atoms with Crippen LogP contribution in [0.15, 0.2) is 12.2 Å². The maximum absolute atomic E-state index is 5.74. The highest BCUT2D eigenvalue weighted by Gasteiger charge is 2.46. The topological polar surface area (TPSA) is 24.9 Å². The van der Waals surface area contributed by atoms with E-state index in [2.05, 4.69) is 23.3 Å². The van der Waals surface area contributed by atoms with E-state index in [4.69, 9.17) is 9.47 Å². The van der Waals surface area contributed by atoms with Crippen molar-refractivity contribution >= 4 is 0 Å². The van der Waals surface area contributed by atoms with E-state index in [-0.39, 0.29) is 5.54 Å². The summed E-state index contributed by atoms with van der Waals surface area (Å²) in [6.07, 6.45) is 1.08. The molecule has 0 aromatic rings. The van der Waals surface area contributed by atoms with Crippen molar-refractivity contribution < 1.29 is 9.47 Å². The molecule has 0 saturated carbocycles. The molecule has 0 spiro atoms. The van der Waals surface area contributed by atoms with E-state index >= 15 is 0 Å². The Morgan fingerprint density at radius 1 is 1.39 bits per heavy atom. The Hall–Kier alpha value is -0.420. The van der Waals surface area contributed by atoms with Crippen molar-refractivity contribution in [2.75, 3.05) is 59.7 Å². The Labute approximate surface area is 111 Å². The lowest BCUT2D eigenvalue weighted by molar-refractivity contribution is -0.0377. The van der Waals surface area contributed by atoms with Crippen LogP contribution in [0.25, 0.3) is 0 Å². The highest BCUT2D eigenvalue weighted by Crippen LogP contribution is 2.35. The summed E-state index contributed by atoms with van der Waals surface area (Å²) in [5, 5.41) is 0. The van der Waals surface area contributed by atoms with Gasteiger partial charge in [-0.25, -0.2) is 0 Å². The first kappa shape index (κ1) is 14.0. The van der Waals surface area contributed by atoms with Gasteiger partial charge >= 0.3 is 0 Å². The molecule has 104 valence electrons. The van der Waals surface area contributed by atoms with E-state index in [1.165, 1.54) is 5.57 Å². The predicted molar refractivity (Wildman–Crippen MR) is 72.9 cm³/mol. The smallest absolute Gasteiger partial charge is 0.0666 e. The molecule has 0 bridgehead atoms. The largest absolute Gasteiger partial charge is 0.383 e. The number of hydrogen-bond acceptors (Lipinski definition) is 4. The van der Waals surface area contributed by atoms with Gasteiger partial charge in [-0.05, 0) is 13.3 Å². The van der Waals surface area contributed by atoms with Gasteiger partial charge in [0.2, 0.25) is 0 Å². The third-order valence-electron chi connectivity index (χ3n) is 4.05. The van der Waals surface area contributed by atoms with Crippen LogP contribution in [0.5, 0.6) is 0 Å². The Morgan fingerprint density at radius 3 is 2.94 bits per heavy atom. The molecule has 0 aromatic carbocycles. The van der Waals surface area contributed by atoms with Crippen LogP contribution in [0.3, 0.4) is 0 Å². The van der Waals surface area contributed by atoms with Crippen molar-refractivity contribution in [1.29, 1.82) is 0 Å². The number of ether oxygens (including phenoxy) is 2. The van der Waals surface area contributed by atoms with Gasteiger partial charge in [0.1, 0.15) is 0 Å². The van der Waals surface area contributed by atoms with Gasteiger partial charge < -0.3 is 9.47 Å². The third-order valence-corrected chi connectivity index (χ3v) is 4.05. The molecule has 2 rings (SSSR count). The molecule has 0 radical (unpaired) electrons. The molecule has 2 aliphatic rings. The molecule has 0 aromatic heterocycles. The fourth-order valence-electron chi connectivity index (χ4n) is 3.19. The molecule has 0 unspecified atom stereocenters. The van der Waals surface area contributed by atoms with Crippen LogP contribution >= 0.6 is 0 Å². The summed E-state index contributed by atoms with van der Waals surface area (Å²) in [4.78, 5) is 5.06. The van der Waals surface area contributed by atoms with E-state index < -0.39 is 0 Å². The molecule has 18 heavy (non-hydrogen) atoms. The zero-order valence-corrected chi connectivity index (χ0v) is 11.8. The highest BCUT2D eigenvalue weighted by atomic mass is 16.5. The lowest BCUT2D eigenvalue weighted by atomic mass is 9.93. The third kappa shape index (κ3) is 2.94. The Morgan fingerprint density at radius 2 is 2.22 bits per heavy atom. The van der Waals surface area contributed by atoms with Gasteiger partial charge in [0.05, 0.1) is 18.8 Å². The maximum atomic E-state index is 5.74. The first-order chi connectivity index (χ1) is 8.70. The summed E-state index contributed by atoms with van der Waals surface area (Å²) in [5.41, 5.74) is 1.52. The summed E-state index contributed by atoms with van der Waals surface area (Å²) < 4.78 is 10.9. The van der Waals surface area contributed by atoms with Crippen LogP contribution in [-0.2, 0) is 9.47 Å². The number of methoxy groups -OCH3 is 1. The van der Waals surface area contributed by atoms with Gasteiger partial charge in [0, 0.05) is 46.4 Å². The van der Waals surface area contributed by atoms with E-state index in [1.807, 2.05) is 0 Å². The summed E-state index contributed by atoms with van der Waals surface area (Å²) in [5.74, 6) is 0. The van der Waals surface area contributed by atoms with Gasteiger partial charge in [-0.2, -0.15) is 0 Å². The van der Waals surface area contributed by atoms with Crippen LogP contribution < -0.4 is 0 Å². The standard InChI is InChI=1S/C14H26N2O2/c1-4-18-12-14-9-13(2)10-16(14)6-5-15(11-14)7-8-17-3/h2,4-12H2,1,3H3/t14-/m1/s1. The maximum Gasteiger partial charge on any atom is 0.0666 e. The second-order valence-corrected chi connectivity index (χ2v) is 5.48. The van der Waals surface area contributed by atoms with Gasteiger partial charge in [-0.1, -0.05) is 12.2 Å². The quantitative estimate of drug-likeness (QED) is 0.660. The number of fused-ring (bicyclic) bond motifs is 1. The first-order valence-electron chi connectivity index (χ1n) is 6.91. The number of rotatable bonds is 6. The average Bonchev–Trinajstić information content (AvgIpc) is 2.69. The number of nitrogens with zero attached hydrogens (tertiary/aromatic N) is 2. The van der Waals surface area contributed by atoms with Crippen molar-refractivity contribution in [3.05, 3.63) is 12.2 Å². The Bertz CT molecular complexity index is 296. The lowest BCUT2D eigenvalue weighted by Gasteiger charge is -2.46. The average molecular weight is 254 g/mol. The van der Waals surface area contributed by atoms with Crippen molar-refractivity contribution in [2.24, 2.45) is 0 Å². The molecular formula is C14H26N2O2. The summed E-state index contributed by atoms with van der Waals surface area (Å²) in [6, 6.07) is 0. The monoisotopic (exact) mass is 254 g/mol. The molecule has 4 heteroatoms. The normalized spacial score (nSPS) is 29.8. The number of hydrogen-bond donors (Lipinski definition) is 0. The Balaban J connectivity index is 2.00. The first-order valence-corrected chi connectivity index (χ1v) is 6.91. The molecule has 4 nitrogen and oxygen atoms in total. The van der Waals surface area contributed by atoms with Crippen LogP contribution in [-0.4, -0.2) is 75.0 Å². The minimum absolute atomic E-state index is 0.166. The molecule has 2 aliphatic heterocycles. The summed E-state index contributed by atoms with van der Waals surface area (Å²) in [7, 11) is 1.77. The van der Waals surface area contributed by atoms with Crippen LogP contribution in [0.1, 0.15) is 13.3 Å². The minimum Gasteiger partial charge on any atom is -0.383 e. The van der Waals surface area contributed by atoms with Crippen molar-refractivity contribution in [3.63, 3.8) is 0 Å². The minimum atomic E-state index is 0.166. The van der Waals surface area contributed by atoms with Gasteiger partial charge in [-0.15, -0.1) is 0 Å².